The van der Waals surface area contributed by atoms with Gasteiger partial charge in [0.15, 0.2) is 0 Å². The average molecular weight is 396 g/mol. The smallest absolute Gasteiger partial charge is 0.253 e. The van der Waals surface area contributed by atoms with Crippen molar-refractivity contribution in [3.05, 3.63) is 65.7 Å². The fourth-order valence-electron chi connectivity index (χ4n) is 3.30. The van der Waals surface area contributed by atoms with Crippen molar-refractivity contribution in [2.24, 2.45) is 0 Å². The van der Waals surface area contributed by atoms with Crippen molar-refractivity contribution < 1.29 is 4.79 Å². The lowest BCUT2D eigenvalue weighted by atomic mass is 10.0. The highest BCUT2D eigenvalue weighted by atomic mass is 35.5. The molecular formula is C20H27Cl2N3O. The van der Waals surface area contributed by atoms with Crippen LogP contribution in [0.3, 0.4) is 0 Å². The molecule has 4 nitrogen and oxygen atoms in total. The molecule has 0 spiro atoms. The minimum Gasteiger partial charge on any atom is -0.399 e. The SMILES string of the molecule is CN(C(=O)c1ccc(N)cc1)C1CCN(Cc2ccccc2)CC1.Cl.Cl. The van der Waals surface area contributed by atoms with Gasteiger partial charge >= 0.3 is 0 Å². The number of carbonyl (C=O) groups is 1. The molecule has 1 aliphatic heterocycles. The monoisotopic (exact) mass is 395 g/mol. The van der Waals surface area contributed by atoms with Gasteiger partial charge in [-0.15, -0.1) is 24.8 Å². The number of benzene rings is 2. The molecule has 0 bridgehead atoms. The van der Waals surface area contributed by atoms with E-state index in [-0.39, 0.29) is 30.7 Å². The summed E-state index contributed by atoms with van der Waals surface area (Å²) in [5.41, 5.74) is 8.43. The van der Waals surface area contributed by atoms with Gasteiger partial charge in [0, 0.05) is 44.0 Å². The van der Waals surface area contributed by atoms with Crippen LogP contribution in [-0.2, 0) is 6.54 Å². The quantitative estimate of drug-likeness (QED) is 0.799. The Hall–Kier alpha value is -1.75. The van der Waals surface area contributed by atoms with E-state index >= 15 is 0 Å². The fraction of sp³-hybridized carbons (Fsp3) is 0.350. The summed E-state index contributed by atoms with van der Waals surface area (Å²) >= 11 is 0. The first-order valence-electron chi connectivity index (χ1n) is 8.52. The van der Waals surface area contributed by atoms with Gasteiger partial charge in [0.1, 0.15) is 0 Å². The zero-order valence-corrected chi connectivity index (χ0v) is 16.6. The van der Waals surface area contributed by atoms with Crippen molar-refractivity contribution in [1.29, 1.82) is 0 Å². The number of likely N-dealkylation sites (tertiary alicyclic amines) is 1. The number of amides is 1. The Morgan fingerprint density at radius 2 is 1.62 bits per heavy atom. The molecule has 1 amide bonds. The average Bonchev–Trinajstić information content (AvgIpc) is 2.63. The van der Waals surface area contributed by atoms with Crippen LogP contribution in [0.1, 0.15) is 28.8 Å². The van der Waals surface area contributed by atoms with E-state index in [0.29, 0.717) is 17.3 Å². The molecule has 1 heterocycles. The van der Waals surface area contributed by atoms with Crippen LogP contribution >= 0.6 is 24.8 Å². The lowest BCUT2D eigenvalue weighted by Gasteiger charge is -2.36. The summed E-state index contributed by atoms with van der Waals surface area (Å²) in [6.07, 6.45) is 2.04. The summed E-state index contributed by atoms with van der Waals surface area (Å²) in [4.78, 5) is 17.0. The highest BCUT2D eigenvalue weighted by molar-refractivity contribution is 5.94. The van der Waals surface area contributed by atoms with Gasteiger partial charge in [-0.05, 0) is 42.7 Å². The van der Waals surface area contributed by atoms with E-state index in [0.717, 1.165) is 32.5 Å². The largest absolute Gasteiger partial charge is 0.399 e. The van der Waals surface area contributed by atoms with E-state index in [1.165, 1.54) is 5.56 Å². The maximum Gasteiger partial charge on any atom is 0.253 e. The standard InChI is InChI=1S/C20H25N3O.2ClH/c1-22(20(24)17-7-9-18(21)10-8-17)19-11-13-23(14-12-19)15-16-5-3-2-4-6-16;;/h2-10,19H,11-15,21H2,1H3;2*1H. The summed E-state index contributed by atoms with van der Waals surface area (Å²) in [7, 11) is 1.91. The number of hydrogen-bond acceptors (Lipinski definition) is 3. The summed E-state index contributed by atoms with van der Waals surface area (Å²) in [6, 6.07) is 18.0. The molecule has 26 heavy (non-hydrogen) atoms. The number of carbonyl (C=O) groups excluding carboxylic acids is 1. The van der Waals surface area contributed by atoms with Crippen molar-refractivity contribution in [1.82, 2.24) is 9.80 Å². The third-order valence-corrected chi connectivity index (χ3v) is 4.83. The highest BCUT2D eigenvalue weighted by Crippen LogP contribution is 2.19. The van der Waals surface area contributed by atoms with Gasteiger partial charge in [-0.3, -0.25) is 9.69 Å². The second-order valence-corrected chi connectivity index (χ2v) is 6.53. The molecule has 3 rings (SSSR count). The normalized spacial score (nSPS) is 14.8. The van der Waals surface area contributed by atoms with Crippen molar-refractivity contribution >= 4 is 36.4 Å². The predicted octanol–water partition coefficient (Wildman–Crippen LogP) is 3.85. The minimum absolute atomic E-state index is 0. The number of halogens is 2. The minimum atomic E-state index is 0. The highest BCUT2D eigenvalue weighted by Gasteiger charge is 2.25. The Balaban J connectivity index is 0.00000169. The van der Waals surface area contributed by atoms with E-state index in [1.54, 1.807) is 24.3 Å². The van der Waals surface area contributed by atoms with Crippen LogP contribution in [-0.4, -0.2) is 41.9 Å². The maximum atomic E-state index is 12.6. The molecule has 1 fully saturated rings. The Morgan fingerprint density at radius 1 is 1.04 bits per heavy atom. The summed E-state index contributed by atoms with van der Waals surface area (Å²) in [5, 5.41) is 0. The topological polar surface area (TPSA) is 49.6 Å². The van der Waals surface area contributed by atoms with Gasteiger partial charge < -0.3 is 10.6 Å². The van der Waals surface area contributed by atoms with Crippen LogP contribution in [0, 0.1) is 0 Å². The summed E-state index contributed by atoms with van der Waals surface area (Å²) < 4.78 is 0. The number of anilines is 1. The number of piperidine rings is 1. The first-order chi connectivity index (χ1) is 11.6. The zero-order valence-electron chi connectivity index (χ0n) is 15.0. The maximum absolute atomic E-state index is 12.6. The fourth-order valence-corrected chi connectivity index (χ4v) is 3.30. The number of hydrogen-bond donors (Lipinski definition) is 1. The molecule has 2 aromatic carbocycles. The predicted molar refractivity (Wildman–Crippen MR) is 112 cm³/mol. The lowest BCUT2D eigenvalue weighted by Crippen LogP contribution is -2.45. The number of nitrogens with zero attached hydrogens (tertiary/aromatic N) is 2. The van der Waals surface area contributed by atoms with Crippen LogP contribution in [0.5, 0.6) is 0 Å². The lowest BCUT2D eigenvalue weighted by molar-refractivity contribution is 0.0636. The molecule has 0 atom stereocenters. The molecule has 2 N–H and O–H groups in total. The van der Waals surface area contributed by atoms with E-state index < -0.39 is 0 Å². The number of nitrogens with two attached hydrogens (primary N) is 1. The molecule has 0 aliphatic carbocycles. The zero-order chi connectivity index (χ0) is 16.9. The van der Waals surface area contributed by atoms with Crippen LogP contribution in [0.25, 0.3) is 0 Å². The van der Waals surface area contributed by atoms with Gasteiger partial charge in [0.25, 0.3) is 5.91 Å². The third kappa shape index (κ3) is 5.63. The van der Waals surface area contributed by atoms with Gasteiger partial charge in [0.05, 0.1) is 0 Å². The van der Waals surface area contributed by atoms with Crippen molar-refractivity contribution in [2.75, 3.05) is 25.9 Å². The van der Waals surface area contributed by atoms with E-state index in [9.17, 15) is 4.79 Å². The second kappa shape index (κ2) is 10.4. The first kappa shape index (κ1) is 22.3. The van der Waals surface area contributed by atoms with Gasteiger partial charge in [0.2, 0.25) is 0 Å². The number of nitrogen functional groups attached to an aromatic ring is 1. The van der Waals surface area contributed by atoms with Crippen LogP contribution < -0.4 is 5.73 Å². The Morgan fingerprint density at radius 3 is 2.19 bits per heavy atom. The Labute approximate surface area is 168 Å². The Kier molecular flexibility index (Phi) is 8.93. The second-order valence-electron chi connectivity index (χ2n) is 6.53. The van der Waals surface area contributed by atoms with Crippen molar-refractivity contribution in [2.45, 2.75) is 25.4 Å². The molecule has 142 valence electrons. The molecule has 0 saturated carbocycles. The first-order valence-corrected chi connectivity index (χ1v) is 8.52. The number of rotatable bonds is 4. The van der Waals surface area contributed by atoms with E-state index in [1.807, 2.05) is 18.0 Å². The van der Waals surface area contributed by atoms with Gasteiger partial charge in [-0.1, -0.05) is 30.3 Å². The van der Waals surface area contributed by atoms with E-state index in [2.05, 4.69) is 29.2 Å². The summed E-state index contributed by atoms with van der Waals surface area (Å²) in [6.45, 7) is 3.04. The molecular weight excluding hydrogens is 369 g/mol. The molecule has 2 aromatic rings. The third-order valence-electron chi connectivity index (χ3n) is 4.83. The van der Waals surface area contributed by atoms with Crippen molar-refractivity contribution in [3.63, 3.8) is 0 Å². The van der Waals surface area contributed by atoms with Crippen molar-refractivity contribution in [3.8, 4) is 0 Å². The molecule has 1 saturated heterocycles. The molecule has 1 aliphatic rings. The van der Waals surface area contributed by atoms with Crippen LogP contribution in [0.15, 0.2) is 54.6 Å². The molecule has 0 radical (unpaired) electrons. The van der Waals surface area contributed by atoms with Crippen LogP contribution in [0.2, 0.25) is 0 Å². The van der Waals surface area contributed by atoms with Gasteiger partial charge in [-0.2, -0.15) is 0 Å². The Bertz CT molecular complexity index is 671. The molecule has 0 aromatic heterocycles. The molecule has 0 unspecified atom stereocenters. The van der Waals surface area contributed by atoms with E-state index in [4.69, 9.17) is 5.73 Å². The summed E-state index contributed by atoms with van der Waals surface area (Å²) in [5.74, 6) is 0.0801. The molecule has 6 heteroatoms. The van der Waals surface area contributed by atoms with Crippen LogP contribution in [0.4, 0.5) is 5.69 Å². The van der Waals surface area contributed by atoms with Gasteiger partial charge in [-0.25, -0.2) is 0 Å².